The molecule has 0 aromatic carbocycles. The fourth-order valence-corrected chi connectivity index (χ4v) is 3.94. The summed E-state index contributed by atoms with van der Waals surface area (Å²) in [5.41, 5.74) is 0. The van der Waals surface area contributed by atoms with Crippen LogP contribution in [0.15, 0.2) is 17.5 Å². The molecule has 0 radical (unpaired) electrons. The third-order valence-electron chi connectivity index (χ3n) is 0.557. The molecule has 0 atom stereocenters. The third-order valence-corrected chi connectivity index (χ3v) is 6.75. The van der Waals surface area contributed by atoms with Crippen molar-refractivity contribution in [3.8, 4) is 0 Å². The second-order valence-electron chi connectivity index (χ2n) is 0.989. The maximum absolute atomic E-state index is 3.46. The number of hydrogen-bond donors (Lipinski definition) is 0. The van der Waals surface area contributed by atoms with Crippen molar-refractivity contribution in [3.05, 3.63) is 20.4 Å². The fraction of sp³-hybridized carbons (Fsp3) is 0. The van der Waals surface area contributed by atoms with E-state index in [1.165, 1.54) is 2.88 Å². The molecular formula is C4H3BrIS-. The summed E-state index contributed by atoms with van der Waals surface area (Å²) in [5.74, 6) is 0. The Hall–Kier alpha value is 0.910. The van der Waals surface area contributed by atoms with Crippen LogP contribution in [-0.2, 0) is 0 Å². The summed E-state index contributed by atoms with van der Waals surface area (Å²) in [5, 5.41) is 2.11. The molecule has 7 heavy (non-hydrogen) atoms. The van der Waals surface area contributed by atoms with Gasteiger partial charge in [0, 0.05) is 0 Å². The Morgan fingerprint density at radius 2 is 2.57 bits per heavy atom. The molecule has 0 aliphatic carbocycles. The molecule has 1 rings (SSSR count). The van der Waals surface area contributed by atoms with Crippen LogP contribution in [0, 0.1) is 2.88 Å². The molecule has 0 N–H and O–H groups in total. The number of thiophene rings is 1. The van der Waals surface area contributed by atoms with Crippen molar-refractivity contribution in [1.29, 1.82) is 0 Å². The van der Waals surface area contributed by atoms with Crippen molar-refractivity contribution >= 4 is 24.0 Å². The van der Waals surface area contributed by atoms with Gasteiger partial charge in [-0.15, -0.1) is 0 Å². The Labute approximate surface area is 62.9 Å². The Balaban J connectivity index is 2.76. The van der Waals surface area contributed by atoms with Gasteiger partial charge in [0.05, 0.1) is 0 Å². The average molecular weight is 290 g/mol. The first kappa shape index (κ1) is 6.04. The van der Waals surface area contributed by atoms with Gasteiger partial charge in [-0.25, -0.2) is 0 Å². The zero-order valence-corrected chi connectivity index (χ0v) is 7.96. The van der Waals surface area contributed by atoms with E-state index in [0.29, 0.717) is 0 Å². The first-order valence-electron chi connectivity index (χ1n) is 1.73. The van der Waals surface area contributed by atoms with Crippen LogP contribution in [0.3, 0.4) is 0 Å². The summed E-state index contributed by atoms with van der Waals surface area (Å²) in [6.45, 7) is 0. The summed E-state index contributed by atoms with van der Waals surface area (Å²) in [7, 11) is 0. The van der Waals surface area contributed by atoms with E-state index in [0.717, 1.165) is 0 Å². The molecule has 1 heterocycles. The molecule has 0 unspecified atom stereocenters. The SMILES string of the molecule is Br[I-]c1cccs1. The van der Waals surface area contributed by atoms with Gasteiger partial charge < -0.3 is 0 Å². The van der Waals surface area contributed by atoms with Crippen LogP contribution < -0.4 is 19.0 Å². The van der Waals surface area contributed by atoms with E-state index in [4.69, 9.17) is 0 Å². The Morgan fingerprint density at radius 1 is 1.71 bits per heavy atom. The van der Waals surface area contributed by atoms with Crippen molar-refractivity contribution < 1.29 is 19.0 Å². The first-order valence-corrected chi connectivity index (χ1v) is 8.52. The van der Waals surface area contributed by atoms with Gasteiger partial charge in [-0.2, -0.15) is 0 Å². The molecule has 0 spiro atoms. The van der Waals surface area contributed by atoms with Crippen molar-refractivity contribution in [2.75, 3.05) is 0 Å². The monoisotopic (exact) mass is 289 g/mol. The molecule has 0 aliphatic rings. The maximum atomic E-state index is 3.46. The number of hydrogen-bond acceptors (Lipinski definition) is 1. The van der Waals surface area contributed by atoms with Crippen LogP contribution in [-0.4, -0.2) is 0 Å². The van der Waals surface area contributed by atoms with E-state index >= 15 is 0 Å². The quantitative estimate of drug-likeness (QED) is 0.601. The molecular weight excluding hydrogens is 287 g/mol. The van der Waals surface area contributed by atoms with E-state index < -0.39 is 0 Å². The molecule has 0 nitrogen and oxygen atoms in total. The molecule has 0 bridgehead atoms. The second-order valence-corrected chi connectivity index (χ2v) is 6.25. The topological polar surface area (TPSA) is 0 Å². The minimum absolute atomic E-state index is 0.178. The summed E-state index contributed by atoms with van der Waals surface area (Å²) >= 11 is 5.46. The molecule has 0 fully saturated rings. The predicted octanol–water partition coefficient (Wildman–Crippen LogP) is -0.683. The summed E-state index contributed by atoms with van der Waals surface area (Å²) in [6, 6.07) is 4.24. The molecule has 1 aromatic heterocycles. The molecule has 0 aliphatic heterocycles. The van der Waals surface area contributed by atoms with Crippen LogP contribution in [0.25, 0.3) is 0 Å². The Kier molecular flexibility index (Phi) is 2.62. The van der Waals surface area contributed by atoms with Gasteiger partial charge in [0.25, 0.3) is 0 Å². The Morgan fingerprint density at radius 3 is 2.86 bits per heavy atom. The summed E-state index contributed by atoms with van der Waals surface area (Å²) in [6.07, 6.45) is 0. The van der Waals surface area contributed by atoms with Crippen molar-refractivity contribution in [1.82, 2.24) is 0 Å². The number of rotatable bonds is 1. The third kappa shape index (κ3) is 1.70. The zero-order chi connectivity index (χ0) is 5.11. The van der Waals surface area contributed by atoms with Gasteiger partial charge in [0.2, 0.25) is 0 Å². The molecule has 40 valence electrons. The van der Waals surface area contributed by atoms with Crippen molar-refractivity contribution in [2.24, 2.45) is 0 Å². The molecule has 0 saturated carbocycles. The molecule has 1 aromatic rings. The average Bonchev–Trinajstić information content (AvgIpc) is 2.14. The van der Waals surface area contributed by atoms with Crippen molar-refractivity contribution in [3.63, 3.8) is 0 Å². The van der Waals surface area contributed by atoms with E-state index in [2.05, 4.69) is 30.2 Å². The van der Waals surface area contributed by atoms with Crippen LogP contribution in [0.1, 0.15) is 0 Å². The molecule has 3 heteroatoms. The van der Waals surface area contributed by atoms with Crippen LogP contribution in [0.4, 0.5) is 0 Å². The van der Waals surface area contributed by atoms with Gasteiger partial charge in [0.1, 0.15) is 0 Å². The minimum atomic E-state index is 0.178. The first-order chi connectivity index (χ1) is 3.43. The second kappa shape index (κ2) is 3.04. The van der Waals surface area contributed by atoms with Gasteiger partial charge >= 0.3 is 63.4 Å². The number of halogens is 2. The van der Waals surface area contributed by atoms with E-state index in [1.807, 2.05) is 11.3 Å². The van der Waals surface area contributed by atoms with Gasteiger partial charge in [-0.1, -0.05) is 0 Å². The van der Waals surface area contributed by atoms with Crippen LogP contribution in [0.5, 0.6) is 0 Å². The molecule has 0 saturated heterocycles. The zero-order valence-electron chi connectivity index (χ0n) is 3.40. The van der Waals surface area contributed by atoms with Gasteiger partial charge in [0.15, 0.2) is 0 Å². The Bertz CT molecular complexity index is 126. The summed E-state index contributed by atoms with van der Waals surface area (Å²) < 4.78 is 1.50. The van der Waals surface area contributed by atoms with Crippen molar-refractivity contribution in [2.45, 2.75) is 0 Å². The molecule has 0 amide bonds. The van der Waals surface area contributed by atoms with Crippen LogP contribution >= 0.6 is 24.0 Å². The van der Waals surface area contributed by atoms with E-state index in [-0.39, 0.29) is 19.0 Å². The summed E-state index contributed by atoms with van der Waals surface area (Å²) in [4.78, 5) is 0. The van der Waals surface area contributed by atoms with Gasteiger partial charge in [-0.3, -0.25) is 0 Å². The van der Waals surface area contributed by atoms with Crippen LogP contribution in [0.2, 0.25) is 0 Å². The standard InChI is InChI=1S/C4H3BrIS/c5-6-4-2-1-3-7-4/h1-3H/q-1. The fourth-order valence-electron chi connectivity index (χ4n) is 0.299. The predicted molar refractivity (Wildman–Crippen MR) is 31.9 cm³/mol. The van der Waals surface area contributed by atoms with E-state index in [1.54, 1.807) is 0 Å². The van der Waals surface area contributed by atoms with Gasteiger partial charge in [-0.05, 0) is 0 Å². The van der Waals surface area contributed by atoms with E-state index in [9.17, 15) is 0 Å². The normalized spacial score (nSPS) is 9.86.